The van der Waals surface area contributed by atoms with Crippen molar-refractivity contribution in [1.82, 2.24) is 0 Å². The first-order chi connectivity index (χ1) is 8.06. The smallest absolute Gasteiger partial charge is 0.0614 e. The maximum atomic E-state index is 6.02. The molecule has 2 nitrogen and oxygen atoms in total. The van der Waals surface area contributed by atoms with E-state index >= 15 is 0 Å². The topological polar surface area (TPSA) is 24.1 Å². The molecule has 1 aromatic carbocycles. The fourth-order valence-electron chi connectivity index (χ4n) is 2.25. The third-order valence-corrected chi connectivity index (χ3v) is 3.75. The van der Waals surface area contributed by atoms with Gasteiger partial charge in [0.1, 0.15) is 0 Å². The van der Waals surface area contributed by atoms with E-state index in [2.05, 4.69) is 24.5 Å². The van der Waals surface area contributed by atoms with E-state index in [-0.39, 0.29) is 0 Å². The van der Waals surface area contributed by atoms with Crippen LogP contribution in [0.15, 0.2) is 12.1 Å². The van der Waals surface area contributed by atoms with Crippen molar-refractivity contribution in [3.05, 3.63) is 22.2 Å². The van der Waals surface area contributed by atoms with Gasteiger partial charge in [0.15, 0.2) is 0 Å². The molecule has 0 aliphatic carbocycles. The molecule has 0 aromatic heterocycles. The van der Waals surface area contributed by atoms with Crippen LogP contribution in [0.4, 0.5) is 11.4 Å². The Morgan fingerprint density at radius 1 is 1.12 bits per heavy atom. The minimum Gasteiger partial charge on any atom is -0.383 e. The molecule has 0 saturated carbocycles. The van der Waals surface area contributed by atoms with Gasteiger partial charge in [-0.2, -0.15) is 0 Å². The molecular formula is C13H18Cl2N2. The van der Waals surface area contributed by atoms with Gasteiger partial charge in [-0.15, -0.1) is 0 Å². The number of hydrogen-bond acceptors (Lipinski definition) is 2. The summed E-state index contributed by atoms with van der Waals surface area (Å²) in [7, 11) is 0. The molecule has 0 spiro atoms. The third-order valence-electron chi connectivity index (χ3n) is 3.03. The second-order valence-electron chi connectivity index (χ2n) is 5.07. The van der Waals surface area contributed by atoms with Gasteiger partial charge in [-0.3, -0.25) is 0 Å². The summed E-state index contributed by atoms with van der Waals surface area (Å²) < 4.78 is 0. The lowest BCUT2D eigenvalue weighted by atomic mass is 9.97. The molecule has 4 heteroatoms. The maximum absolute atomic E-state index is 6.02. The molecule has 1 heterocycles. The van der Waals surface area contributed by atoms with E-state index in [1.54, 1.807) is 0 Å². The lowest BCUT2D eigenvalue weighted by Crippen LogP contribution is -2.20. The Balaban J connectivity index is 2.13. The average molecular weight is 273 g/mol. The zero-order valence-corrected chi connectivity index (χ0v) is 11.7. The number of hydrogen-bond donors (Lipinski definition) is 2. The second-order valence-corrected chi connectivity index (χ2v) is 5.88. The minimum atomic E-state index is 0.599. The van der Waals surface area contributed by atoms with Gasteiger partial charge in [0, 0.05) is 13.1 Å². The van der Waals surface area contributed by atoms with Crippen molar-refractivity contribution < 1.29 is 0 Å². The molecule has 1 aromatic rings. The Hall–Kier alpha value is -0.600. The van der Waals surface area contributed by atoms with Gasteiger partial charge in [-0.25, -0.2) is 0 Å². The summed E-state index contributed by atoms with van der Waals surface area (Å²) in [6, 6.07) is 3.79. The highest BCUT2D eigenvalue weighted by molar-refractivity contribution is 6.42. The van der Waals surface area contributed by atoms with Gasteiger partial charge in [0.2, 0.25) is 0 Å². The summed E-state index contributed by atoms with van der Waals surface area (Å²) in [5.74, 6) is 1.36. The molecule has 0 atom stereocenters. The van der Waals surface area contributed by atoms with E-state index in [9.17, 15) is 0 Å². The second kappa shape index (κ2) is 5.36. The Morgan fingerprint density at radius 3 is 2.00 bits per heavy atom. The molecule has 94 valence electrons. The van der Waals surface area contributed by atoms with Crippen molar-refractivity contribution in [3.63, 3.8) is 0 Å². The summed E-state index contributed by atoms with van der Waals surface area (Å²) in [5.41, 5.74) is 2.09. The van der Waals surface area contributed by atoms with Crippen molar-refractivity contribution in [3.8, 4) is 0 Å². The fourth-order valence-corrected chi connectivity index (χ4v) is 2.58. The van der Waals surface area contributed by atoms with Crippen molar-refractivity contribution in [1.29, 1.82) is 0 Å². The third kappa shape index (κ3) is 3.20. The van der Waals surface area contributed by atoms with E-state index in [1.807, 2.05) is 12.1 Å². The van der Waals surface area contributed by atoms with E-state index in [4.69, 9.17) is 23.2 Å². The number of halogens is 2. The number of benzene rings is 1. The highest BCUT2D eigenvalue weighted by atomic mass is 35.5. The van der Waals surface area contributed by atoms with E-state index in [1.165, 1.54) is 6.42 Å². The number of rotatable bonds is 2. The van der Waals surface area contributed by atoms with Crippen molar-refractivity contribution in [2.45, 2.75) is 20.3 Å². The van der Waals surface area contributed by atoms with Crippen molar-refractivity contribution in [2.24, 2.45) is 11.8 Å². The molecule has 1 aliphatic rings. The molecule has 0 amide bonds. The SMILES string of the molecule is CC(C)CC1CNc2cc(Cl)c(Cl)cc2NC1. The molecule has 1 aliphatic heterocycles. The van der Waals surface area contributed by atoms with E-state index < -0.39 is 0 Å². The number of anilines is 2. The summed E-state index contributed by atoms with van der Waals surface area (Å²) in [5, 5.41) is 8.08. The predicted octanol–water partition coefficient (Wildman–Crippen LogP) is 4.49. The summed E-state index contributed by atoms with van der Waals surface area (Å²) in [4.78, 5) is 0. The zero-order valence-electron chi connectivity index (χ0n) is 10.2. The van der Waals surface area contributed by atoms with Gasteiger partial charge in [0.05, 0.1) is 21.4 Å². The van der Waals surface area contributed by atoms with Crippen LogP contribution in [0.2, 0.25) is 10.0 Å². The van der Waals surface area contributed by atoms with Crippen LogP contribution >= 0.6 is 23.2 Å². The molecule has 0 unspecified atom stereocenters. The summed E-state index contributed by atoms with van der Waals surface area (Å²) in [6.45, 7) is 6.48. The first-order valence-corrected chi connectivity index (χ1v) is 6.78. The van der Waals surface area contributed by atoms with Crippen LogP contribution < -0.4 is 10.6 Å². The minimum absolute atomic E-state index is 0.599. The first-order valence-electron chi connectivity index (χ1n) is 6.03. The van der Waals surface area contributed by atoms with Gasteiger partial charge >= 0.3 is 0 Å². The molecule has 0 radical (unpaired) electrons. The van der Waals surface area contributed by atoms with Crippen LogP contribution in [0, 0.1) is 11.8 Å². The molecule has 2 rings (SSSR count). The zero-order chi connectivity index (χ0) is 12.4. The normalized spacial score (nSPS) is 16.1. The summed E-state index contributed by atoms with van der Waals surface area (Å²) >= 11 is 12.0. The molecule has 0 bridgehead atoms. The quantitative estimate of drug-likeness (QED) is 0.829. The van der Waals surface area contributed by atoms with E-state index in [0.29, 0.717) is 16.0 Å². The average Bonchev–Trinajstić information content (AvgIpc) is 2.43. The predicted molar refractivity (Wildman–Crippen MR) is 76.4 cm³/mol. The largest absolute Gasteiger partial charge is 0.383 e. The first kappa shape index (κ1) is 12.8. The number of nitrogens with one attached hydrogen (secondary N) is 2. The molecule has 0 fully saturated rings. The maximum Gasteiger partial charge on any atom is 0.0614 e. The molecule has 0 saturated heterocycles. The van der Waals surface area contributed by atoms with E-state index in [0.717, 1.165) is 30.4 Å². The van der Waals surface area contributed by atoms with Crippen LogP contribution in [0.1, 0.15) is 20.3 Å². The molecule has 2 N–H and O–H groups in total. The van der Waals surface area contributed by atoms with Crippen LogP contribution in [0.25, 0.3) is 0 Å². The van der Waals surface area contributed by atoms with Crippen LogP contribution in [-0.4, -0.2) is 13.1 Å². The molecule has 17 heavy (non-hydrogen) atoms. The van der Waals surface area contributed by atoms with Gasteiger partial charge in [-0.1, -0.05) is 37.0 Å². The Bertz CT molecular complexity index is 372. The number of fused-ring (bicyclic) bond motifs is 1. The van der Waals surface area contributed by atoms with Gasteiger partial charge < -0.3 is 10.6 Å². The highest BCUT2D eigenvalue weighted by Crippen LogP contribution is 2.34. The van der Waals surface area contributed by atoms with Crippen LogP contribution in [-0.2, 0) is 0 Å². The standard InChI is InChI=1S/C13H18Cl2N2/c1-8(2)3-9-6-16-12-4-10(14)11(15)5-13(12)17-7-9/h4-5,8-9,16-17H,3,6-7H2,1-2H3. The van der Waals surface area contributed by atoms with Gasteiger partial charge in [-0.05, 0) is 30.4 Å². The van der Waals surface area contributed by atoms with Crippen LogP contribution in [0.3, 0.4) is 0 Å². The highest BCUT2D eigenvalue weighted by Gasteiger charge is 2.17. The lowest BCUT2D eigenvalue weighted by Gasteiger charge is -2.16. The van der Waals surface area contributed by atoms with Crippen LogP contribution in [0.5, 0.6) is 0 Å². The molecular weight excluding hydrogens is 255 g/mol. The van der Waals surface area contributed by atoms with Gasteiger partial charge in [0.25, 0.3) is 0 Å². The summed E-state index contributed by atoms with van der Waals surface area (Å²) in [6.07, 6.45) is 1.22. The monoisotopic (exact) mass is 272 g/mol. The van der Waals surface area contributed by atoms with Crippen molar-refractivity contribution in [2.75, 3.05) is 23.7 Å². The Labute approximate surface area is 113 Å². The lowest BCUT2D eigenvalue weighted by molar-refractivity contribution is 0.444. The fraction of sp³-hybridized carbons (Fsp3) is 0.538. The van der Waals surface area contributed by atoms with Crippen molar-refractivity contribution >= 4 is 34.6 Å². The Morgan fingerprint density at radius 2 is 1.59 bits per heavy atom. The Kier molecular flexibility index (Phi) is 4.05.